The fraction of sp³-hybridized carbons (Fsp3) is 0.125. The third kappa shape index (κ3) is 2.33. The van der Waals surface area contributed by atoms with Gasteiger partial charge in [0.2, 0.25) is 0 Å². The Labute approximate surface area is 111 Å². The van der Waals surface area contributed by atoms with Crippen molar-refractivity contribution in [1.82, 2.24) is 9.97 Å². The Morgan fingerprint density at radius 1 is 1.00 bits per heavy atom. The molecule has 0 aliphatic carbocycles. The van der Waals surface area contributed by atoms with Crippen LogP contribution in [0.4, 0.5) is 0 Å². The summed E-state index contributed by atoms with van der Waals surface area (Å²) in [6, 6.07) is 12.1. The van der Waals surface area contributed by atoms with E-state index in [1.54, 1.807) is 6.20 Å². The maximum Gasteiger partial charge on any atom is 0.0853 e. The molecule has 3 heteroatoms. The van der Waals surface area contributed by atoms with E-state index in [4.69, 9.17) is 5.11 Å². The topological polar surface area (TPSA) is 46.0 Å². The highest BCUT2D eigenvalue weighted by Gasteiger charge is 2.03. The third-order valence-corrected chi connectivity index (χ3v) is 3.15. The summed E-state index contributed by atoms with van der Waals surface area (Å²) in [5, 5.41) is 10.3. The summed E-state index contributed by atoms with van der Waals surface area (Å²) in [5.74, 6) is 0. The van der Waals surface area contributed by atoms with E-state index in [1.807, 2.05) is 24.4 Å². The molecule has 1 N–H and O–H groups in total. The minimum absolute atomic E-state index is 0.0477. The molecule has 3 rings (SSSR count). The lowest BCUT2D eigenvalue weighted by atomic mass is 10.0. The van der Waals surface area contributed by atoms with Crippen LogP contribution in [-0.4, -0.2) is 15.1 Å². The second-order valence-electron chi connectivity index (χ2n) is 4.61. The van der Waals surface area contributed by atoms with Gasteiger partial charge in [-0.2, -0.15) is 0 Å². The molecule has 0 aliphatic heterocycles. The summed E-state index contributed by atoms with van der Waals surface area (Å²) in [5.41, 5.74) is 4.94. The maximum atomic E-state index is 9.14. The van der Waals surface area contributed by atoms with E-state index >= 15 is 0 Å². The smallest absolute Gasteiger partial charge is 0.0853 e. The van der Waals surface area contributed by atoms with Crippen LogP contribution in [0.15, 0.2) is 48.8 Å². The molecule has 3 nitrogen and oxygen atoms in total. The van der Waals surface area contributed by atoms with Crippen LogP contribution in [0.3, 0.4) is 0 Å². The lowest BCUT2D eigenvalue weighted by Crippen LogP contribution is -1.90. The zero-order chi connectivity index (χ0) is 13.2. The fourth-order valence-corrected chi connectivity index (χ4v) is 2.15. The summed E-state index contributed by atoms with van der Waals surface area (Å²) >= 11 is 0. The average Bonchev–Trinajstić information content (AvgIpc) is 2.46. The van der Waals surface area contributed by atoms with E-state index in [1.165, 1.54) is 5.56 Å². The minimum Gasteiger partial charge on any atom is -0.390 e. The zero-order valence-electron chi connectivity index (χ0n) is 10.7. The van der Waals surface area contributed by atoms with Crippen LogP contribution >= 0.6 is 0 Å². The number of aromatic nitrogens is 2. The van der Waals surface area contributed by atoms with Crippen LogP contribution in [0.25, 0.3) is 22.0 Å². The molecule has 0 atom stereocenters. The summed E-state index contributed by atoms with van der Waals surface area (Å²) in [4.78, 5) is 8.56. The molecule has 2 heterocycles. The van der Waals surface area contributed by atoms with Gasteiger partial charge in [-0.1, -0.05) is 11.6 Å². The van der Waals surface area contributed by atoms with Gasteiger partial charge in [0.25, 0.3) is 0 Å². The van der Waals surface area contributed by atoms with Crippen LogP contribution < -0.4 is 0 Å². The monoisotopic (exact) mass is 250 g/mol. The lowest BCUT2D eigenvalue weighted by molar-refractivity contribution is 0.277. The summed E-state index contributed by atoms with van der Waals surface area (Å²) in [7, 11) is 0. The molecule has 94 valence electrons. The van der Waals surface area contributed by atoms with Crippen molar-refractivity contribution in [1.29, 1.82) is 0 Å². The highest BCUT2D eigenvalue weighted by atomic mass is 16.3. The molecule has 0 unspecified atom stereocenters. The predicted molar refractivity (Wildman–Crippen MR) is 75.6 cm³/mol. The number of hydrogen-bond donors (Lipinski definition) is 1. The Hall–Kier alpha value is -2.26. The zero-order valence-corrected chi connectivity index (χ0v) is 10.7. The van der Waals surface area contributed by atoms with E-state index in [-0.39, 0.29) is 6.61 Å². The number of nitrogens with zero attached hydrogens (tertiary/aromatic N) is 2. The van der Waals surface area contributed by atoms with Crippen molar-refractivity contribution in [3.05, 3.63) is 60.0 Å². The average molecular weight is 250 g/mol. The van der Waals surface area contributed by atoms with Crippen LogP contribution in [0.2, 0.25) is 0 Å². The molecule has 19 heavy (non-hydrogen) atoms. The van der Waals surface area contributed by atoms with Gasteiger partial charge in [0.15, 0.2) is 0 Å². The van der Waals surface area contributed by atoms with Gasteiger partial charge >= 0.3 is 0 Å². The van der Waals surface area contributed by atoms with E-state index in [2.05, 4.69) is 35.1 Å². The SMILES string of the molecule is Cc1ccc2ncc(-c3ccnc(CO)c3)cc2c1. The van der Waals surface area contributed by atoms with Crippen molar-refractivity contribution >= 4 is 10.9 Å². The standard InChI is InChI=1S/C16H14N2O/c1-11-2-3-16-13(6-11)7-14(9-18-16)12-4-5-17-15(8-12)10-19/h2-9,19H,10H2,1H3. The molecule has 0 aliphatic rings. The number of pyridine rings is 2. The molecule has 0 spiro atoms. The van der Waals surface area contributed by atoms with Crippen molar-refractivity contribution < 1.29 is 5.11 Å². The van der Waals surface area contributed by atoms with Crippen molar-refractivity contribution in [3.63, 3.8) is 0 Å². The highest BCUT2D eigenvalue weighted by molar-refractivity contribution is 5.84. The normalized spacial score (nSPS) is 10.8. The second kappa shape index (κ2) is 4.78. The molecule has 0 radical (unpaired) electrons. The van der Waals surface area contributed by atoms with Gasteiger partial charge < -0.3 is 5.11 Å². The Bertz CT molecular complexity index is 738. The second-order valence-corrected chi connectivity index (χ2v) is 4.61. The minimum atomic E-state index is -0.0477. The van der Waals surface area contributed by atoms with Crippen LogP contribution in [0.1, 0.15) is 11.3 Å². The molecule has 0 amide bonds. The van der Waals surface area contributed by atoms with Crippen LogP contribution in [0, 0.1) is 6.92 Å². The first-order valence-electron chi connectivity index (χ1n) is 6.19. The van der Waals surface area contributed by atoms with Crippen molar-refractivity contribution in [2.24, 2.45) is 0 Å². The van der Waals surface area contributed by atoms with Gasteiger partial charge in [-0.05, 0) is 42.8 Å². The molecule has 0 bridgehead atoms. The molecule has 3 aromatic rings. The number of rotatable bonds is 2. The van der Waals surface area contributed by atoms with Gasteiger partial charge in [0.05, 0.1) is 17.8 Å². The number of aliphatic hydroxyl groups excluding tert-OH is 1. The molecule has 0 fully saturated rings. The van der Waals surface area contributed by atoms with Crippen molar-refractivity contribution in [3.8, 4) is 11.1 Å². The number of aryl methyl sites for hydroxylation is 1. The number of fused-ring (bicyclic) bond motifs is 1. The van der Waals surface area contributed by atoms with Gasteiger partial charge in [-0.3, -0.25) is 9.97 Å². The first-order valence-corrected chi connectivity index (χ1v) is 6.19. The summed E-state index contributed by atoms with van der Waals surface area (Å²) < 4.78 is 0. The predicted octanol–water partition coefficient (Wildman–Crippen LogP) is 3.10. The summed E-state index contributed by atoms with van der Waals surface area (Å²) in [6.07, 6.45) is 3.56. The number of benzene rings is 1. The lowest BCUT2D eigenvalue weighted by Gasteiger charge is -2.05. The largest absolute Gasteiger partial charge is 0.390 e. The maximum absolute atomic E-state index is 9.14. The molecule has 2 aromatic heterocycles. The van der Waals surface area contributed by atoms with Gasteiger partial charge in [-0.15, -0.1) is 0 Å². The van der Waals surface area contributed by atoms with Crippen LogP contribution in [-0.2, 0) is 6.61 Å². The molecular formula is C16H14N2O. The van der Waals surface area contributed by atoms with Crippen molar-refractivity contribution in [2.75, 3.05) is 0 Å². The van der Waals surface area contributed by atoms with Crippen LogP contribution in [0.5, 0.6) is 0 Å². The van der Waals surface area contributed by atoms with E-state index < -0.39 is 0 Å². The number of hydrogen-bond acceptors (Lipinski definition) is 3. The van der Waals surface area contributed by atoms with E-state index in [0.717, 1.165) is 22.0 Å². The first-order chi connectivity index (χ1) is 9.26. The fourth-order valence-electron chi connectivity index (χ4n) is 2.15. The van der Waals surface area contributed by atoms with Gasteiger partial charge in [0.1, 0.15) is 0 Å². The van der Waals surface area contributed by atoms with Gasteiger partial charge in [0, 0.05) is 23.3 Å². The highest BCUT2D eigenvalue weighted by Crippen LogP contribution is 2.23. The van der Waals surface area contributed by atoms with E-state index in [9.17, 15) is 0 Å². The number of aliphatic hydroxyl groups is 1. The first kappa shape index (κ1) is 11.8. The van der Waals surface area contributed by atoms with Gasteiger partial charge in [-0.25, -0.2) is 0 Å². The molecule has 0 saturated heterocycles. The Morgan fingerprint density at radius 3 is 2.74 bits per heavy atom. The summed E-state index contributed by atoms with van der Waals surface area (Å²) in [6.45, 7) is 2.02. The Morgan fingerprint density at radius 2 is 1.89 bits per heavy atom. The molecule has 1 aromatic carbocycles. The third-order valence-electron chi connectivity index (χ3n) is 3.15. The van der Waals surface area contributed by atoms with Crippen molar-refractivity contribution in [2.45, 2.75) is 13.5 Å². The molecular weight excluding hydrogens is 236 g/mol. The van der Waals surface area contributed by atoms with E-state index in [0.29, 0.717) is 5.69 Å². The quantitative estimate of drug-likeness (QED) is 0.760. The molecule has 0 saturated carbocycles. The Kier molecular flexibility index (Phi) is 2.97. The Balaban J connectivity index is 2.13.